The highest BCUT2D eigenvalue weighted by molar-refractivity contribution is 7.11. The van der Waals surface area contributed by atoms with E-state index in [1.54, 1.807) is 11.3 Å². The Kier molecular flexibility index (Phi) is 5.22. The molecule has 0 aromatic carbocycles. The van der Waals surface area contributed by atoms with Gasteiger partial charge in [-0.2, -0.15) is 0 Å². The largest absolute Gasteiger partial charge is 0.480 e. The summed E-state index contributed by atoms with van der Waals surface area (Å²) in [6.45, 7) is 5.10. The van der Waals surface area contributed by atoms with Crippen molar-refractivity contribution >= 4 is 23.3 Å². The predicted octanol–water partition coefficient (Wildman–Crippen LogP) is 2.71. The maximum atomic E-state index is 12.2. The van der Waals surface area contributed by atoms with Crippen LogP contribution in [0.2, 0.25) is 0 Å². The molecule has 5 nitrogen and oxygen atoms in total. The Labute approximate surface area is 129 Å². The highest BCUT2D eigenvalue weighted by Gasteiger charge is 2.34. The van der Waals surface area contributed by atoms with Crippen LogP contribution in [0.4, 0.5) is 4.79 Å². The topological polar surface area (TPSA) is 69.6 Å². The number of carbonyl (C=O) groups is 2. The van der Waals surface area contributed by atoms with Crippen LogP contribution in [0.1, 0.15) is 36.4 Å². The minimum Gasteiger partial charge on any atom is -0.480 e. The quantitative estimate of drug-likeness (QED) is 0.898. The third kappa shape index (κ3) is 3.97. The van der Waals surface area contributed by atoms with Crippen LogP contribution in [0.15, 0.2) is 12.1 Å². The van der Waals surface area contributed by atoms with Crippen LogP contribution in [0.5, 0.6) is 0 Å². The van der Waals surface area contributed by atoms with E-state index in [1.165, 1.54) is 9.78 Å². The van der Waals surface area contributed by atoms with Gasteiger partial charge in [0.15, 0.2) is 0 Å². The fraction of sp³-hybridized carbons (Fsp3) is 0.600. The van der Waals surface area contributed by atoms with Gasteiger partial charge in [-0.1, -0.05) is 13.8 Å². The number of piperidine rings is 1. The second-order valence-corrected chi connectivity index (χ2v) is 6.81. The second kappa shape index (κ2) is 6.93. The van der Waals surface area contributed by atoms with Gasteiger partial charge in [-0.3, -0.25) is 0 Å². The zero-order valence-corrected chi connectivity index (χ0v) is 13.3. The molecule has 2 amide bonds. The molecule has 0 spiro atoms. The van der Waals surface area contributed by atoms with Crippen molar-refractivity contribution in [1.29, 1.82) is 0 Å². The summed E-state index contributed by atoms with van der Waals surface area (Å²) in [5, 5.41) is 12.1. The maximum absolute atomic E-state index is 12.2. The van der Waals surface area contributed by atoms with Crippen LogP contribution in [0, 0.1) is 5.92 Å². The number of likely N-dealkylation sites (tertiary alicyclic amines) is 1. The van der Waals surface area contributed by atoms with Gasteiger partial charge >= 0.3 is 12.0 Å². The molecule has 2 rings (SSSR count). The summed E-state index contributed by atoms with van der Waals surface area (Å²) in [5.74, 6) is -0.569. The molecule has 1 aromatic heterocycles. The van der Waals surface area contributed by atoms with Crippen molar-refractivity contribution in [3.63, 3.8) is 0 Å². The lowest BCUT2D eigenvalue weighted by molar-refractivity contribution is -0.143. The normalized spacial score (nSPS) is 22.1. The smallest absolute Gasteiger partial charge is 0.326 e. The summed E-state index contributed by atoms with van der Waals surface area (Å²) in [4.78, 5) is 27.4. The number of aryl methyl sites for hydroxylation is 1. The molecule has 1 saturated heterocycles. The highest BCUT2D eigenvalue weighted by Crippen LogP contribution is 2.23. The molecule has 21 heavy (non-hydrogen) atoms. The SMILES string of the molecule is CCc1ccc(CNC(=O)N2CCC(C)CC2C(=O)O)s1. The predicted molar refractivity (Wildman–Crippen MR) is 82.5 cm³/mol. The number of aliphatic carboxylic acids is 1. The standard InChI is InChI=1S/C15H22N2O3S/c1-3-11-4-5-12(21-11)9-16-15(20)17-7-6-10(2)8-13(17)14(18)19/h4-5,10,13H,3,6-9H2,1-2H3,(H,16,20)(H,18,19). The summed E-state index contributed by atoms with van der Waals surface area (Å²) >= 11 is 1.68. The van der Waals surface area contributed by atoms with Gasteiger partial charge in [0.05, 0.1) is 6.54 Å². The van der Waals surface area contributed by atoms with Crippen molar-refractivity contribution in [3.8, 4) is 0 Å². The average molecular weight is 310 g/mol. The summed E-state index contributed by atoms with van der Waals surface area (Å²) < 4.78 is 0. The lowest BCUT2D eigenvalue weighted by Crippen LogP contribution is -2.53. The van der Waals surface area contributed by atoms with Gasteiger partial charge in [-0.05, 0) is 37.3 Å². The van der Waals surface area contributed by atoms with Crippen molar-refractivity contribution in [2.45, 2.75) is 45.7 Å². The number of thiophene rings is 1. The van der Waals surface area contributed by atoms with Crippen LogP contribution in [0.3, 0.4) is 0 Å². The molecule has 2 N–H and O–H groups in total. The molecule has 1 aliphatic heterocycles. The fourth-order valence-electron chi connectivity index (χ4n) is 2.59. The van der Waals surface area contributed by atoms with Gasteiger partial charge in [0.2, 0.25) is 0 Å². The van der Waals surface area contributed by atoms with E-state index < -0.39 is 12.0 Å². The summed E-state index contributed by atoms with van der Waals surface area (Å²) in [6.07, 6.45) is 2.38. The molecular weight excluding hydrogens is 288 g/mol. The number of urea groups is 1. The van der Waals surface area contributed by atoms with Gasteiger partial charge in [0.1, 0.15) is 6.04 Å². The lowest BCUT2D eigenvalue weighted by atomic mass is 9.93. The first-order valence-corrected chi connectivity index (χ1v) is 8.17. The first-order valence-electron chi connectivity index (χ1n) is 7.36. The van der Waals surface area contributed by atoms with Crippen LogP contribution in [-0.4, -0.2) is 34.6 Å². The number of hydrogen-bond donors (Lipinski definition) is 2. The molecular formula is C15H22N2O3S. The number of nitrogens with one attached hydrogen (secondary N) is 1. The van der Waals surface area contributed by atoms with E-state index in [2.05, 4.69) is 18.3 Å². The Morgan fingerprint density at radius 3 is 2.76 bits per heavy atom. The Morgan fingerprint density at radius 2 is 2.14 bits per heavy atom. The van der Waals surface area contributed by atoms with Crippen LogP contribution in [0.25, 0.3) is 0 Å². The van der Waals surface area contributed by atoms with Gasteiger partial charge in [-0.25, -0.2) is 9.59 Å². The highest BCUT2D eigenvalue weighted by atomic mass is 32.1. The molecule has 0 aliphatic carbocycles. The van der Waals surface area contributed by atoms with Crippen LogP contribution < -0.4 is 5.32 Å². The van der Waals surface area contributed by atoms with Crippen LogP contribution >= 0.6 is 11.3 Å². The first-order chi connectivity index (χ1) is 10.0. The van der Waals surface area contributed by atoms with Crippen molar-refractivity contribution in [2.75, 3.05) is 6.54 Å². The Morgan fingerprint density at radius 1 is 1.43 bits per heavy atom. The van der Waals surface area contributed by atoms with Gasteiger partial charge in [0.25, 0.3) is 0 Å². The van der Waals surface area contributed by atoms with E-state index in [0.29, 0.717) is 25.4 Å². The van der Waals surface area contributed by atoms with Gasteiger partial charge < -0.3 is 15.3 Å². The average Bonchev–Trinajstić information content (AvgIpc) is 2.92. The Balaban J connectivity index is 1.93. The minimum atomic E-state index is -0.916. The maximum Gasteiger partial charge on any atom is 0.326 e. The fourth-order valence-corrected chi connectivity index (χ4v) is 3.49. The number of carboxylic acids is 1. The third-order valence-electron chi connectivity index (χ3n) is 3.89. The number of carboxylic acid groups (broad SMARTS) is 1. The van der Waals surface area contributed by atoms with Crippen LogP contribution in [-0.2, 0) is 17.8 Å². The summed E-state index contributed by atoms with van der Waals surface area (Å²) in [6, 6.07) is 3.09. The number of carbonyl (C=O) groups excluding carboxylic acids is 1. The molecule has 2 atom stereocenters. The third-order valence-corrected chi connectivity index (χ3v) is 5.12. The van der Waals surface area contributed by atoms with Crippen molar-refractivity contribution < 1.29 is 14.7 Å². The lowest BCUT2D eigenvalue weighted by Gasteiger charge is -2.35. The van der Waals surface area contributed by atoms with Gasteiger partial charge in [-0.15, -0.1) is 11.3 Å². The molecule has 1 aliphatic rings. The van der Waals surface area contributed by atoms with Crippen molar-refractivity contribution in [1.82, 2.24) is 10.2 Å². The zero-order valence-electron chi connectivity index (χ0n) is 12.5. The molecule has 2 heterocycles. The first kappa shape index (κ1) is 15.8. The molecule has 0 saturated carbocycles. The summed E-state index contributed by atoms with van der Waals surface area (Å²) in [7, 11) is 0. The second-order valence-electron chi connectivity index (χ2n) is 5.56. The minimum absolute atomic E-state index is 0.277. The van der Waals surface area contributed by atoms with Gasteiger partial charge in [0, 0.05) is 16.3 Å². The van der Waals surface area contributed by atoms with E-state index in [1.807, 2.05) is 13.0 Å². The van der Waals surface area contributed by atoms with Crippen molar-refractivity contribution in [2.24, 2.45) is 5.92 Å². The number of rotatable bonds is 4. The van der Waals surface area contributed by atoms with E-state index in [-0.39, 0.29) is 6.03 Å². The van der Waals surface area contributed by atoms with Crippen molar-refractivity contribution in [3.05, 3.63) is 21.9 Å². The molecule has 1 aromatic rings. The number of hydrogen-bond acceptors (Lipinski definition) is 3. The molecule has 2 unspecified atom stereocenters. The Hall–Kier alpha value is -1.56. The number of nitrogens with zero attached hydrogens (tertiary/aromatic N) is 1. The Bertz CT molecular complexity index is 515. The molecule has 0 bridgehead atoms. The molecule has 6 heteroatoms. The van der Waals surface area contributed by atoms with E-state index >= 15 is 0 Å². The van der Waals surface area contributed by atoms with E-state index in [9.17, 15) is 14.7 Å². The zero-order chi connectivity index (χ0) is 15.4. The molecule has 0 radical (unpaired) electrons. The van der Waals surface area contributed by atoms with E-state index in [0.717, 1.165) is 17.7 Å². The number of amides is 2. The molecule has 116 valence electrons. The summed E-state index contributed by atoms with van der Waals surface area (Å²) in [5.41, 5.74) is 0. The van der Waals surface area contributed by atoms with E-state index in [4.69, 9.17) is 0 Å². The monoisotopic (exact) mass is 310 g/mol. The molecule has 1 fully saturated rings.